The molecule has 23 heavy (non-hydrogen) atoms. The average molecular weight is 345 g/mol. The molecule has 1 aliphatic rings. The van der Waals surface area contributed by atoms with Crippen LogP contribution in [-0.4, -0.2) is 29.3 Å². The number of H-pyrrole nitrogens is 1. The van der Waals surface area contributed by atoms with Crippen molar-refractivity contribution in [2.24, 2.45) is 0 Å². The molecule has 2 aromatic rings. The highest BCUT2D eigenvalue weighted by molar-refractivity contribution is 6.04. The SMILES string of the molecule is Cl.O=C(Nc1ccc(OC(F)F)cc1)c1n[nH]c2c1CNCC2. The van der Waals surface area contributed by atoms with E-state index in [4.69, 9.17) is 0 Å². The van der Waals surface area contributed by atoms with E-state index in [0.717, 1.165) is 24.2 Å². The number of amides is 1. The normalized spacial score (nSPS) is 13.2. The second-order valence-electron chi connectivity index (χ2n) is 4.81. The number of aromatic amines is 1. The van der Waals surface area contributed by atoms with E-state index in [9.17, 15) is 13.6 Å². The van der Waals surface area contributed by atoms with E-state index in [1.165, 1.54) is 24.3 Å². The quantitative estimate of drug-likeness (QED) is 0.795. The molecule has 1 aromatic heterocycles. The van der Waals surface area contributed by atoms with E-state index in [2.05, 4.69) is 25.6 Å². The maximum Gasteiger partial charge on any atom is 0.387 e. The van der Waals surface area contributed by atoms with Crippen molar-refractivity contribution in [3.8, 4) is 5.75 Å². The molecule has 9 heteroatoms. The molecule has 0 aliphatic carbocycles. The Morgan fingerprint density at radius 3 is 2.74 bits per heavy atom. The Labute approximate surface area is 137 Å². The molecular weight excluding hydrogens is 330 g/mol. The molecule has 1 aromatic carbocycles. The molecule has 6 nitrogen and oxygen atoms in total. The van der Waals surface area contributed by atoms with Gasteiger partial charge in [0, 0.05) is 36.5 Å². The fraction of sp³-hybridized carbons (Fsp3) is 0.286. The predicted octanol–water partition coefficient (Wildman–Crippen LogP) is 2.33. The van der Waals surface area contributed by atoms with Crippen LogP contribution in [0.2, 0.25) is 0 Å². The van der Waals surface area contributed by atoms with Crippen LogP contribution in [0.25, 0.3) is 0 Å². The minimum atomic E-state index is -2.87. The molecule has 0 atom stereocenters. The van der Waals surface area contributed by atoms with Crippen molar-refractivity contribution in [3.63, 3.8) is 0 Å². The summed E-state index contributed by atoms with van der Waals surface area (Å²) < 4.78 is 28.4. The number of fused-ring (bicyclic) bond motifs is 1. The molecule has 3 N–H and O–H groups in total. The lowest BCUT2D eigenvalue weighted by Crippen LogP contribution is -2.25. The summed E-state index contributed by atoms with van der Waals surface area (Å²) in [7, 11) is 0. The molecule has 124 valence electrons. The Bertz CT molecular complexity index is 676. The molecule has 1 amide bonds. The number of anilines is 1. The molecule has 0 spiro atoms. The van der Waals surface area contributed by atoms with Gasteiger partial charge in [-0.25, -0.2) is 0 Å². The number of alkyl halides is 2. The monoisotopic (exact) mass is 344 g/mol. The molecule has 3 rings (SSSR count). The van der Waals surface area contributed by atoms with E-state index in [1.54, 1.807) is 0 Å². The first-order valence-corrected chi connectivity index (χ1v) is 6.76. The van der Waals surface area contributed by atoms with Crippen molar-refractivity contribution in [3.05, 3.63) is 41.2 Å². The van der Waals surface area contributed by atoms with Gasteiger partial charge in [0.15, 0.2) is 5.69 Å². The maximum atomic E-state index is 12.2. The van der Waals surface area contributed by atoms with Gasteiger partial charge in [0.2, 0.25) is 0 Å². The summed E-state index contributed by atoms with van der Waals surface area (Å²) in [6.45, 7) is -1.43. The lowest BCUT2D eigenvalue weighted by molar-refractivity contribution is -0.0498. The molecule has 0 fully saturated rings. The van der Waals surface area contributed by atoms with Gasteiger partial charge in [-0.1, -0.05) is 0 Å². The summed E-state index contributed by atoms with van der Waals surface area (Å²) in [5.74, 6) is -0.307. The number of ether oxygens (including phenoxy) is 1. The third kappa shape index (κ3) is 3.96. The Balaban J connectivity index is 0.00000192. The summed E-state index contributed by atoms with van der Waals surface area (Å²) in [4.78, 5) is 12.2. The lowest BCUT2D eigenvalue weighted by Gasteiger charge is -2.13. The highest BCUT2D eigenvalue weighted by atomic mass is 35.5. The fourth-order valence-electron chi connectivity index (χ4n) is 2.32. The smallest absolute Gasteiger partial charge is 0.387 e. The topological polar surface area (TPSA) is 79.0 Å². The number of hydrogen-bond donors (Lipinski definition) is 3. The second kappa shape index (κ2) is 7.38. The summed E-state index contributed by atoms with van der Waals surface area (Å²) in [6.07, 6.45) is 0.801. The molecule has 0 radical (unpaired) electrons. The van der Waals surface area contributed by atoms with Crippen LogP contribution >= 0.6 is 12.4 Å². The number of nitrogens with zero attached hydrogens (tertiary/aromatic N) is 1. The lowest BCUT2D eigenvalue weighted by atomic mass is 10.1. The van der Waals surface area contributed by atoms with Gasteiger partial charge in [-0.05, 0) is 24.3 Å². The Hall–Kier alpha value is -2.19. The van der Waals surface area contributed by atoms with Gasteiger partial charge in [-0.3, -0.25) is 9.89 Å². The fourth-order valence-corrected chi connectivity index (χ4v) is 2.32. The third-order valence-electron chi connectivity index (χ3n) is 3.36. The average Bonchev–Trinajstić information content (AvgIpc) is 2.93. The molecule has 2 heterocycles. The van der Waals surface area contributed by atoms with Crippen LogP contribution in [0.3, 0.4) is 0 Å². The van der Waals surface area contributed by atoms with E-state index >= 15 is 0 Å². The summed E-state index contributed by atoms with van der Waals surface area (Å²) in [5, 5.41) is 12.8. The number of halogens is 3. The van der Waals surface area contributed by atoms with Crippen LogP contribution in [0.15, 0.2) is 24.3 Å². The molecule has 0 saturated carbocycles. The van der Waals surface area contributed by atoms with Crippen LogP contribution in [0, 0.1) is 0 Å². The number of carbonyl (C=O) groups excluding carboxylic acids is 1. The number of nitrogens with one attached hydrogen (secondary N) is 3. The first kappa shape index (κ1) is 17.2. The van der Waals surface area contributed by atoms with Crippen LogP contribution < -0.4 is 15.4 Å². The number of carbonyl (C=O) groups is 1. The molecule has 1 aliphatic heterocycles. The van der Waals surface area contributed by atoms with E-state index < -0.39 is 6.61 Å². The zero-order valence-electron chi connectivity index (χ0n) is 11.9. The van der Waals surface area contributed by atoms with Gasteiger partial charge in [-0.15, -0.1) is 12.4 Å². The number of aromatic nitrogens is 2. The third-order valence-corrected chi connectivity index (χ3v) is 3.36. The van der Waals surface area contributed by atoms with Crippen molar-refractivity contribution in [1.29, 1.82) is 0 Å². The van der Waals surface area contributed by atoms with Gasteiger partial charge in [0.1, 0.15) is 5.75 Å². The summed E-state index contributed by atoms with van der Waals surface area (Å²) in [5.41, 5.74) is 2.65. The number of rotatable bonds is 4. The molecule has 0 saturated heterocycles. The minimum absolute atomic E-state index is 0. The zero-order valence-corrected chi connectivity index (χ0v) is 12.8. The van der Waals surface area contributed by atoms with E-state index in [-0.39, 0.29) is 24.1 Å². The van der Waals surface area contributed by atoms with Gasteiger partial charge in [-0.2, -0.15) is 13.9 Å². The Kier molecular flexibility index (Phi) is 5.51. The number of benzene rings is 1. The van der Waals surface area contributed by atoms with Gasteiger partial charge < -0.3 is 15.4 Å². The predicted molar refractivity (Wildman–Crippen MR) is 82.3 cm³/mol. The zero-order chi connectivity index (χ0) is 15.5. The van der Waals surface area contributed by atoms with Crippen LogP contribution in [0.5, 0.6) is 5.75 Å². The first-order valence-electron chi connectivity index (χ1n) is 6.76. The first-order chi connectivity index (χ1) is 10.6. The van der Waals surface area contributed by atoms with Gasteiger partial charge >= 0.3 is 6.61 Å². The Morgan fingerprint density at radius 1 is 1.30 bits per heavy atom. The maximum absolute atomic E-state index is 12.2. The van der Waals surface area contributed by atoms with Gasteiger partial charge in [0.25, 0.3) is 5.91 Å². The van der Waals surface area contributed by atoms with E-state index in [1.807, 2.05) is 0 Å². The number of hydrogen-bond acceptors (Lipinski definition) is 4. The van der Waals surface area contributed by atoms with Crippen molar-refractivity contribution < 1.29 is 18.3 Å². The Morgan fingerprint density at radius 2 is 2.04 bits per heavy atom. The molecule has 0 bridgehead atoms. The second-order valence-corrected chi connectivity index (χ2v) is 4.81. The van der Waals surface area contributed by atoms with Crippen LogP contribution in [0.1, 0.15) is 21.7 Å². The van der Waals surface area contributed by atoms with E-state index in [0.29, 0.717) is 17.9 Å². The molecular formula is C14H15ClF2N4O2. The summed E-state index contributed by atoms with van der Waals surface area (Å²) >= 11 is 0. The van der Waals surface area contributed by atoms with Crippen molar-refractivity contribution in [2.75, 3.05) is 11.9 Å². The van der Waals surface area contributed by atoms with Crippen LogP contribution in [-0.2, 0) is 13.0 Å². The standard InChI is InChI=1S/C14H14F2N4O2.ClH/c15-14(16)22-9-3-1-8(2-4-9)18-13(21)12-10-7-17-6-5-11(10)19-20-12;/h1-4,14,17H,5-7H2,(H,18,21)(H,19,20);1H. The highest BCUT2D eigenvalue weighted by Gasteiger charge is 2.21. The van der Waals surface area contributed by atoms with Gasteiger partial charge in [0.05, 0.1) is 0 Å². The highest BCUT2D eigenvalue weighted by Crippen LogP contribution is 2.20. The summed E-state index contributed by atoms with van der Waals surface area (Å²) in [6, 6.07) is 5.71. The largest absolute Gasteiger partial charge is 0.435 e. The van der Waals surface area contributed by atoms with Crippen molar-refractivity contribution in [2.45, 2.75) is 19.6 Å². The van der Waals surface area contributed by atoms with Crippen LogP contribution in [0.4, 0.5) is 14.5 Å². The molecule has 0 unspecified atom stereocenters. The van der Waals surface area contributed by atoms with Crippen molar-refractivity contribution >= 4 is 24.0 Å². The minimum Gasteiger partial charge on any atom is -0.435 e. The van der Waals surface area contributed by atoms with Crippen molar-refractivity contribution in [1.82, 2.24) is 15.5 Å².